The van der Waals surface area contributed by atoms with E-state index in [4.69, 9.17) is 18.9 Å². The van der Waals surface area contributed by atoms with E-state index in [1.165, 1.54) is 27.7 Å². The highest BCUT2D eigenvalue weighted by molar-refractivity contribution is 6.05. The molecule has 0 aliphatic heterocycles. The van der Waals surface area contributed by atoms with Crippen LogP contribution in [-0.2, 0) is 42.9 Å². The van der Waals surface area contributed by atoms with E-state index in [2.05, 4.69) is 20.4 Å². The molecule has 1 spiro atoms. The summed E-state index contributed by atoms with van der Waals surface area (Å²) >= 11 is 0. The van der Waals surface area contributed by atoms with E-state index in [0.29, 0.717) is 12.8 Å². The number of fused-ring (bicyclic) bond motifs is 3. The zero-order valence-corrected chi connectivity index (χ0v) is 22.8. The Labute approximate surface area is 217 Å². The fourth-order valence-electron chi connectivity index (χ4n) is 8.69. The maximum atomic E-state index is 14.3. The van der Waals surface area contributed by atoms with E-state index >= 15 is 0 Å². The van der Waals surface area contributed by atoms with E-state index in [0.717, 1.165) is 6.42 Å². The molecule has 37 heavy (non-hydrogen) atoms. The number of hydrogen-bond acceptors (Lipinski definition) is 9. The van der Waals surface area contributed by atoms with Crippen LogP contribution in [0.3, 0.4) is 0 Å². The first-order valence-corrected chi connectivity index (χ1v) is 13.0. The maximum Gasteiger partial charge on any atom is 0.302 e. The molecule has 4 aliphatic carbocycles. The Morgan fingerprint density at radius 1 is 0.811 bits per heavy atom. The minimum absolute atomic E-state index is 0.174. The van der Waals surface area contributed by atoms with Gasteiger partial charge in [0, 0.05) is 44.9 Å². The summed E-state index contributed by atoms with van der Waals surface area (Å²) < 4.78 is 23.7. The molecule has 9 atom stereocenters. The van der Waals surface area contributed by atoms with Crippen molar-refractivity contribution in [2.75, 3.05) is 0 Å². The molecule has 4 saturated carbocycles. The van der Waals surface area contributed by atoms with Crippen molar-refractivity contribution in [2.24, 2.45) is 34.0 Å². The van der Waals surface area contributed by atoms with Gasteiger partial charge in [-0.2, -0.15) is 0 Å². The number of ketones is 1. The number of hydrogen-bond donors (Lipinski definition) is 0. The van der Waals surface area contributed by atoms with Gasteiger partial charge in [-0.25, -0.2) is 0 Å². The second-order valence-corrected chi connectivity index (χ2v) is 12.2. The van der Waals surface area contributed by atoms with Crippen LogP contribution in [0.25, 0.3) is 0 Å². The average Bonchev–Trinajstić information content (AvgIpc) is 2.87. The van der Waals surface area contributed by atoms with Crippen LogP contribution in [0.4, 0.5) is 0 Å². The lowest BCUT2D eigenvalue weighted by Gasteiger charge is -2.67. The van der Waals surface area contributed by atoms with E-state index < -0.39 is 71.0 Å². The second kappa shape index (κ2) is 8.95. The van der Waals surface area contributed by atoms with Crippen molar-refractivity contribution in [3.63, 3.8) is 0 Å². The minimum Gasteiger partial charge on any atom is -0.462 e. The van der Waals surface area contributed by atoms with Gasteiger partial charge >= 0.3 is 23.9 Å². The SMILES string of the molecule is C=C1C(=O)[C@]23[C@H](OC(C)=O)C[C@@H]4C(C)(C)CC[C@@H](OC(C)=O)[C@@]4(C)[C@@H]2[C@@H](OC(C)=O)C[C@@H]1[C@@H]3OC(C)=O. The summed E-state index contributed by atoms with van der Waals surface area (Å²) in [7, 11) is 0. The van der Waals surface area contributed by atoms with Crippen molar-refractivity contribution in [1.29, 1.82) is 0 Å². The van der Waals surface area contributed by atoms with Gasteiger partial charge in [0.25, 0.3) is 0 Å². The van der Waals surface area contributed by atoms with Crippen LogP contribution in [0.2, 0.25) is 0 Å². The summed E-state index contributed by atoms with van der Waals surface area (Å²) in [5.74, 6) is -3.98. The Morgan fingerprint density at radius 3 is 1.89 bits per heavy atom. The smallest absolute Gasteiger partial charge is 0.302 e. The maximum absolute atomic E-state index is 14.3. The van der Waals surface area contributed by atoms with Crippen LogP contribution in [0.1, 0.15) is 74.1 Å². The zero-order chi connectivity index (χ0) is 27.7. The summed E-state index contributed by atoms with van der Waals surface area (Å²) in [5, 5.41) is 0. The predicted molar refractivity (Wildman–Crippen MR) is 130 cm³/mol. The highest BCUT2D eigenvalue weighted by atomic mass is 16.6. The number of esters is 4. The summed E-state index contributed by atoms with van der Waals surface area (Å²) in [6, 6.07) is 0. The predicted octanol–water partition coefficient (Wildman–Crippen LogP) is 3.32. The number of Topliss-reactive ketones (excluding diaryl/α,β-unsaturated/α-hetero) is 1. The Hall–Kier alpha value is -2.71. The lowest BCUT2D eigenvalue weighted by atomic mass is 9.38. The molecular formula is C28H38O9. The third-order valence-electron chi connectivity index (χ3n) is 9.66. The molecule has 0 aromatic rings. The second-order valence-electron chi connectivity index (χ2n) is 12.2. The molecule has 0 radical (unpaired) electrons. The number of rotatable bonds is 4. The molecule has 0 N–H and O–H groups in total. The molecule has 4 aliphatic rings. The van der Waals surface area contributed by atoms with Gasteiger partial charge in [-0.3, -0.25) is 24.0 Å². The Balaban J connectivity index is 2.05. The monoisotopic (exact) mass is 518 g/mol. The molecule has 2 bridgehead atoms. The van der Waals surface area contributed by atoms with Crippen molar-refractivity contribution in [1.82, 2.24) is 0 Å². The van der Waals surface area contributed by atoms with Gasteiger partial charge in [0.2, 0.25) is 0 Å². The van der Waals surface area contributed by atoms with E-state index in [-0.39, 0.29) is 29.1 Å². The van der Waals surface area contributed by atoms with Gasteiger partial charge in [0.1, 0.15) is 29.8 Å². The van der Waals surface area contributed by atoms with Crippen LogP contribution in [0.15, 0.2) is 12.2 Å². The molecule has 4 rings (SSSR count). The first kappa shape index (κ1) is 27.3. The van der Waals surface area contributed by atoms with Crippen LogP contribution in [0.5, 0.6) is 0 Å². The molecule has 9 nitrogen and oxygen atoms in total. The standard InChI is InChI=1S/C28H38O9/c1-13-18-11-19(34-14(2)29)23-27(8)20(26(6,7)10-9-21(27)35-15(3)30)12-22(36-16(4)31)28(23,24(13)33)25(18)37-17(5)32/h18-23,25H,1,9-12H2,2-8H3/t18-,19-,20+,21+,22+,23-,25-,27-,28-/m0/s1. The van der Waals surface area contributed by atoms with E-state index in [1.54, 1.807) is 0 Å². The molecule has 204 valence electrons. The van der Waals surface area contributed by atoms with Crippen molar-refractivity contribution in [2.45, 2.75) is 98.6 Å². The Kier molecular flexibility index (Phi) is 6.61. The van der Waals surface area contributed by atoms with Crippen molar-refractivity contribution < 1.29 is 42.9 Å². The molecule has 0 amide bonds. The van der Waals surface area contributed by atoms with Crippen LogP contribution < -0.4 is 0 Å². The third-order valence-corrected chi connectivity index (χ3v) is 9.66. The van der Waals surface area contributed by atoms with Gasteiger partial charge in [0.05, 0.1) is 0 Å². The van der Waals surface area contributed by atoms with Crippen LogP contribution >= 0.6 is 0 Å². The van der Waals surface area contributed by atoms with Crippen LogP contribution in [-0.4, -0.2) is 54.1 Å². The highest BCUT2D eigenvalue weighted by Crippen LogP contribution is 2.72. The third kappa shape index (κ3) is 3.91. The molecule has 9 heteroatoms. The fraction of sp³-hybridized carbons (Fsp3) is 0.750. The fourth-order valence-corrected chi connectivity index (χ4v) is 8.69. The zero-order valence-electron chi connectivity index (χ0n) is 22.8. The van der Waals surface area contributed by atoms with Gasteiger partial charge < -0.3 is 18.9 Å². The summed E-state index contributed by atoms with van der Waals surface area (Å²) in [4.78, 5) is 63.8. The molecule has 0 aromatic heterocycles. The van der Waals surface area contributed by atoms with Crippen molar-refractivity contribution in [3.05, 3.63) is 12.2 Å². The Morgan fingerprint density at radius 2 is 1.35 bits per heavy atom. The van der Waals surface area contributed by atoms with Crippen molar-refractivity contribution in [3.8, 4) is 0 Å². The van der Waals surface area contributed by atoms with Gasteiger partial charge in [-0.05, 0) is 42.6 Å². The molecule has 0 aromatic carbocycles. The average molecular weight is 519 g/mol. The number of carbonyl (C=O) groups excluding carboxylic acids is 5. The molecule has 0 saturated heterocycles. The summed E-state index contributed by atoms with van der Waals surface area (Å²) in [6.07, 6.45) is -1.44. The van der Waals surface area contributed by atoms with Gasteiger partial charge in [-0.15, -0.1) is 0 Å². The lowest BCUT2D eigenvalue weighted by molar-refractivity contribution is -0.283. The molecule has 0 heterocycles. The number of carbonyl (C=O) groups is 5. The van der Waals surface area contributed by atoms with Crippen molar-refractivity contribution >= 4 is 29.7 Å². The largest absolute Gasteiger partial charge is 0.462 e. The topological polar surface area (TPSA) is 122 Å². The first-order valence-electron chi connectivity index (χ1n) is 13.0. The van der Waals surface area contributed by atoms with E-state index in [9.17, 15) is 24.0 Å². The summed E-state index contributed by atoms with van der Waals surface area (Å²) in [6.45, 7) is 15.5. The number of ether oxygens (including phenoxy) is 4. The van der Waals surface area contributed by atoms with Crippen LogP contribution in [0, 0.1) is 34.0 Å². The van der Waals surface area contributed by atoms with Gasteiger partial charge in [0.15, 0.2) is 5.78 Å². The lowest BCUT2D eigenvalue weighted by Crippen LogP contribution is -2.74. The molecular weight excluding hydrogens is 480 g/mol. The normalized spacial score (nSPS) is 41.6. The molecule has 0 unspecified atom stereocenters. The quantitative estimate of drug-likeness (QED) is 0.313. The van der Waals surface area contributed by atoms with Gasteiger partial charge in [-0.1, -0.05) is 27.4 Å². The molecule has 4 fully saturated rings. The minimum atomic E-state index is -1.53. The summed E-state index contributed by atoms with van der Waals surface area (Å²) in [5.41, 5.74) is -2.41. The van der Waals surface area contributed by atoms with E-state index in [1.807, 2.05) is 6.92 Å². The highest BCUT2D eigenvalue weighted by Gasteiger charge is 2.80. The first-order chi connectivity index (χ1) is 17.1. The Bertz CT molecular complexity index is 1060.